The third-order valence-corrected chi connectivity index (χ3v) is 22.8. The normalized spacial score (nSPS) is 10.6. The van der Waals surface area contributed by atoms with Gasteiger partial charge in [0, 0.05) is 58.4 Å². The summed E-state index contributed by atoms with van der Waals surface area (Å²) < 4.78 is 16.6. The van der Waals surface area contributed by atoms with Gasteiger partial charge in [-0.25, -0.2) is 14.4 Å². The molecule has 0 saturated carbocycles. The molecule has 6 amide bonds. The summed E-state index contributed by atoms with van der Waals surface area (Å²) in [6.45, 7) is 8.45. The average Bonchev–Trinajstić information content (AvgIpc) is 0.804. The van der Waals surface area contributed by atoms with Gasteiger partial charge in [-0.1, -0.05) is 246 Å². The number of esters is 3. The van der Waals surface area contributed by atoms with Crippen LogP contribution in [-0.2, 0) is 67.7 Å². The first-order valence-corrected chi connectivity index (χ1v) is 45.3. The Kier molecular flexibility index (Phi) is 34.7. The highest BCUT2D eigenvalue weighted by Gasteiger charge is 2.25. The summed E-state index contributed by atoms with van der Waals surface area (Å²) in [5.41, 5.74) is 19.7. The fourth-order valence-electron chi connectivity index (χ4n) is 14.8. The van der Waals surface area contributed by atoms with E-state index in [0.717, 1.165) is 61.2 Å². The maximum absolute atomic E-state index is 13.3. The molecule has 0 bridgehead atoms. The minimum atomic E-state index is -1.16. The SMILES string of the molecule is Cc1ccc(-c2ccc(C(=O)Oc3ccc(CN(CC(=O)O)C(=O)c4ccc(NC(=O)Cc5ccc(Cl)c(C)c5)cc4)cc3)cc2)cc1.Cc1ccc(-c2ccc(C(=O)Oc3ccc(CN(CC(=O)O)C(=O)c4ccc(NC(=O)Cc5ccccc5)cc4)cc3)cc2)cc1.Cc1ccc(CC(=O)Nc2ccc(C(=O)N(CC(=O)O)Cc3ccc(OC(=O)c4ccc(-c5ccc(C)cc5)cc4)cc3)cc2)cc1. The minimum Gasteiger partial charge on any atom is -0.480 e. The van der Waals surface area contributed by atoms with E-state index in [1.54, 1.807) is 182 Å². The molecule has 0 aliphatic carbocycles. The zero-order valence-corrected chi connectivity index (χ0v) is 78.4. The number of amides is 6. The van der Waals surface area contributed by atoms with Crippen molar-refractivity contribution in [2.45, 2.75) is 73.5 Å². The molecule has 15 aromatic carbocycles. The molecule has 15 rings (SSSR count). The van der Waals surface area contributed by atoms with Gasteiger partial charge in [0.2, 0.25) is 17.7 Å². The molecule has 0 radical (unpaired) electrons. The number of rotatable bonds is 33. The molecule has 0 aliphatic heterocycles. The number of carbonyl (C=O) groups excluding carboxylic acids is 9. The van der Waals surface area contributed by atoms with Crippen molar-refractivity contribution in [1.82, 2.24) is 14.7 Å². The van der Waals surface area contributed by atoms with Gasteiger partial charge < -0.3 is 60.2 Å². The lowest BCUT2D eigenvalue weighted by Crippen LogP contribution is -2.35. The molecule has 15 aromatic rings. The maximum Gasteiger partial charge on any atom is 0.343 e. The molecular weight excluding hydrogens is 1800 g/mol. The number of aryl methyl sites for hydroxylation is 5. The number of benzene rings is 15. The average molecular weight is 1900 g/mol. The van der Waals surface area contributed by atoms with E-state index >= 15 is 0 Å². The largest absolute Gasteiger partial charge is 0.480 e. The van der Waals surface area contributed by atoms with Crippen LogP contribution in [0.3, 0.4) is 0 Å². The van der Waals surface area contributed by atoms with Crippen LogP contribution < -0.4 is 30.2 Å². The molecule has 0 fully saturated rings. The lowest BCUT2D eigenvalue weighted by molar-refractivity contribution is -0.138. The monoisotopic (exact) mass is 1900 g/mol. The van der Waals surface area contributed by atoms with Crippen molar-refractivity contribution in [2.24, 2.45) is 0 Å². The van der Waals surface area contributed by atoms with Gasteiger partial charge in [-0.2, -0.15) is 0 Å². The van der Waals surface area contributed by atoms with Crippen LogP contribution in [0.15, 0.2) is 364 Å². The quantitative estimate of drug-likeness (QED) is 0.0164. The predicted octanol–water partition coefficient (Wildman–Crippen LogP) is 21.6. The first kappa shape index (κ1) is 101. The van der Waals surface area contributed by atoms with Crippen LogP contribution in [0.5, 0.6) is 17.2 Å². The second kappa shape index (κ2) is 48.6. The van der Waals surface area contributed by atoms with Crippen molar-refractivity contribution >= 4 is 99.9 Å². The first-order valence-electron chi connectivity index (χ1n) is 44.9. The highest BCUT2D eigenvalue weighted by atomic mass is 35.5. The minimum absolute atomic E-state index is 0.0127. The van der Waals surface area contributed by atoms with Gasteiger partial charge >= 0.3 is 35.8 Å². The number of halogens is 1. The second-order valence-electron chi connectivity index (χ2n) is 33.6. The van der Waals surface area contributed by atoms with E-state index in [2.05, 4.69) is 16.0 Å². The van der Waals surface area contributed by atoms with Gasteiger partial charge in [-0.05, 0) is 259 Å². The van der Waals surface area contributed by atoms with Crippen LogP contribution in [0.2, 0.25) is 5.02 Å². The molecule has 141 heavy (non-hydrogen) atoms. The second-order valence-corrected chi connectivity index (χ2v) is 34.0. The highest BCUT2D eigenvalue weighted by molar-refractivity contribution is 6.31. The molecular formula is C116H99ClN6O18. The fraction of sp³-hybridized carbons (Fsp3) is 0.121. The molecule has 0 spiro atoms. The van der Waals surface area contributed by atoms with Gasteiger partial charge in [-0.3, -0.25) is 43.2 Å². The number of nitrogens with one attached hydrogen (secondary N) is 3. The van der Waals surface area contributed by atoms with E-state index in [0.29, 0.717) is 72.7 Å². The number of carbonyl (C=O) groups is 12. The van der Waals surface area contributed by atoms with E-state index in [4.69, 9.17) is 25.8 Å². The van der Waals surface area contributed by atoms with Crippen LogP contribution in [-0.4, -0.2) is 121 Å². The zero-order valence-electron chi connectivity index (χ0n) is 77.7. The number of anilines is 3. The molecule has 6 N–H and O–H groups in total. The molecule has 24 nitrogen and oxygen atoms in total. The summed E-state index contributed by atoms with van der Waals surface area (Å²) in [5, 5.41) is 37.5. The lowest BCUT2D eigenvalue weighted by Gasteiger charge is -2.21. The van der Waals surface area contributed by atoms with E-state index in [-0.39, 0.29) is 73.3 Å². The Hall–Kier alpha value is -17.8. The number of nitrogens with zero attached hydrogens (tertiary/aromatic N) is 3. The third kappa shape index (κ3) is 30.4. The smallest absolute Gasteiger partial charge is 0.343 e. The summed E-state index contributed by atoms with van der Waals surface area (Å²) in [7, 11) is 0. The molecule has 708 valence electrons. The Labute approximate surface area is 820 Å². The standard InChI is InChI=1S/C39H33ClN2O6.C39H34N2O6.C38H32N2O6/c1-25-3-8-29(9-4-25)30-10-12-32(13-11-30)39(47)48-34-18-5-27(6-19-34)23-42(24-37(44)45)38(46)31-14-16-33(17-15-31)41-36(43)22-28-7-20-35(40)26(2)21-28;1-26-3-7-28(8-4-26)23-36(42)40-34-19-17-32(18-20-34)38(45)41(25-37(43)44)24-29-9-21-35(22-10-29)47-39(46)33-15-13-31(14-16-33)30-11-5-27(2)6-12-30;1-26-7-11-29(12-8-26)30-13-15-32(16-14-30)38(45)46-34-21-9-28(10-22-34)24-40(25-36(42)43)37(44)31-17-19-33(20-18-31)39-35(41)23-27-5-3-2-4-6-27/h3-21H,22-24H2,1-2H3,(H,41,43)(H,44,45);3-22H,23-25H2,1-2H3,(H,40,42)(H,43,44);2-22H,23-25H2,1H3,(H,39,41)(H,42,43). The van der Waals surface area contributed by atoms with Crippen molar-refractivity contribution in [3.8, 4) is 50.6 Å². The van der Waals surface area contributed by atoms with Crippen molar-refractivity contribution in [1.29, 1.82) is 0 Å². The number of aliphatic carboxylic acids is 3. The molecule has 0 aromatic heterocycles. The highest BCUT2D eigenvalue weighted by Crippen LogP contribution is 2.29. The Bertz CT molecular complexity index is 6960. The fourth-order valence-corrected chi connectivity index (χ4v) is 14.9. The molecule has 25 heteroatoms. The summed E-state index contributed by atoms with van der Waals surface area (Å²) in [5.74, 6) is -6.11. The van der Waals surface area contributed by atoms with Crippen LogP contribution in [0.25, 0.3) is 33.4 Å². The van der Waals surface area contributed by atoms with Gasteiger partial charge in [0.1, 0.15) is 36.9 Å². The molecule has 0 heterocycles. The molecule has 0 saturated heterocycles. The zero-order chi connectivity index (χ0) is 100. The van der Waals surface area contributed by atoms with Crippen molar-refractivity contribution in [3.63, 3.8) is 0 Å². The summed E-state index contributed by atoms with van der Waals surface area (Å²) in [6.07, 6.45) is 0.588. The molecule has 0 unspecified atom stereocenters. The van der Waals surface area contributed by atoms with Gasteiger partial charge in [0.25, 0.3) is 17.7 Å². The number of hydrogen-bond acceptors (Lipinski definition) is 15. The number of carboxylic acid groups (broad SMARTS) is 3. The van der Waals surface area contributed by atoms with E-state index in [9.17, 15) is 72.9 Å². The van der Waals surface area contributed by atoms with E-state index < -0.39 is 73.2 Å². The molecule has 0 atom stereocenters. The summed E-state index contributed by atoms with van der Waals surface area (Å²) in [4.78, 5) is 154. The van der Waals surface area contributed by atoms with Crippen molar-refractivity contribution in [3.05, 3.63) is 464 Å². The maximum atomic E-state index is 13.3. The predicted molar refractivity (Wildman–Crippen MR) is 541 cm³/mol. The summed E-state index contributed by atoms with van der Waals surface area (Å²) >= 11 is 6.06. The van der Waals surface area contributed by atoms with Crippen molar-refractivity contribution in [2.75, 3.05) is 35.6 Å². The summed E-state index contributed by atoms with van der Waals surface area (Å²) in [6, 6.07) is 107. The Morgan fingerprint density at radius 3 is 0.745 bits per heavy atom. The first-order chi connectivity index (χ1) is 67.9. The van der Waals surface area contributed by atoms with Crippen LogP contribution in [0.4, 0.5) is 17.1 Å². The Morgan fingerprint density at radius 1 is 0.255 bits per heavy atom. The number of carboxylic acids is 3. The Balaban J connectivity index is 0.000000178. The Morgan fingerprint density at radius 2 is 0.482 bits per heavy atom. The van der Waals surface area contributed by atoms with Gasteiger partial charge in [0.15, 0.2) is 0 Å². The van der Waals surface area contributed by atoms with Gasteiger partial charge in [0.05, 0.1) is 36.0 Å². The van der Waals surface area contributed by atoms with E-state index in [1.807, 2.05) is 204 Å². The van der Waals surface area contributed by atoms with E-state index in [1.165, 1.54) is 43.5 Å². The number of hydrogen-bond donors (Lipinski definition) is 6. The van der Waals surface area contributed by atoms with Crippen LogP contribution in [0, 0.1) is 34.6 Å². The molecule has 0 aliphatic rings. The topological polar surface area (TPSA) is 339 Å². The van der Waals surface area contributed by atoms with Gasteiger partial charge in [-0.15, -0.1) is 0 Å². The van der Waals surface area contributed by atoms with Crippen molar-refractivity contribution < 1.29 is 87.1 Å². The van der Waals surface area contributed by atoms with Crippen LogP contribution in [0.1, 0.15) is 123 Å². The van der Waals surface area contributed by atoms with Crippen LogP contribution >= 0.6 is 11.6 Å². The third-order valence-electron chi connectivity index (χ3n) is 22.4. The lowest BCUT2D eigenvalue weighted by atomic mass is 10.0. The number of ether oxygens (including phenoxy) is 3.